The van der Waals surface area contributed by atoms with Crippen LogP contribution in [0.3, 0.4) is 0 Å². The molecular weight excluding hydrogens is 530 g/mol. The van der Waals surface area contributed by atoms with Gasteiger partial charge in [0.25, 0.3) is 5.91 Å². The number of amides is 2. The molecule has 1 aliphatic carbocycles. The first-order valence-electron chi connectivity index (χ1n) is 13.9. The molecular formula is C30H41N3O6S. The van der Waals surface area contributed by atoms with Crippen molar-refractivity contribution in [1.82, 2.24) is 10.3 Å². The number of rotatable bonds is 13. The van der Waals surface area contributed by atoms with Crippen molar-refractivity contribution in [2.24, 2.45) is 5.41 Å². The Bertz CT molecular complexity index is 1280. The topological polar surface area (TPSA) is 132 Å². The summed E-state index contributed by atoms with van der Waals surface area (Å²) in [5.74, 6) is -0.811. The Morgan fingerprint density at radius 2 is 1.73 bits per heavy atom. The standard InChI is InChI=1S/C30H41N3O6S/c1-5-39-28(35)25(33-29(36)30(15-6-7-16-30)17-8-9-19-40(4,37)38)20-23-10-12-24(13-11-23)32-27(34)26-21(2)14-18-31-22(26)3/h10-14,18,25H,5-9,15-17,19-20H2,1-4H3,(H,32,34)(H,33,36). The maximum absolute atomic E-state index is 13.5. The van der Waals surface area contributed by atoms with Crippen molar-refractivity contribution in [1.29, 1.82) is 0 Å². The molecule has 1 unspecified atom stereocenters. The van der Waals surface area contributed by atoms with Gasteiger partial charge in [0.1, 0.15) is 15.9 Å². The number of aryl methyl sites for hydroxylation is 2. The molecule has 3 rings (SSSR count). The highest BCUT2D eigenvalue weighted by Gasteiger charge is 2.42. The van der Waals surface area contributed by atoms with Crippen molar-refractivity contribution in [2.75, 3.05) is 23.9 Å². The van der Waals surface area contributed by atoms with Gasteiger partial charge in [0.2, 0.25) is 5.91 Å². The third kappa shape index (κ3) is 8.61. The van der Waals surface area contributed by atoms with Gasteiger partial charge < -0.3 is 15.4 Å². The lowest BCUT2D eigenvalue weighted by atomic mass is 9.80. The van der Waals surface area contributed by atoms with Gasteiger partial charge in [-0.15, -0.1) is 0 Å². The number of sulfone groups is 1. The summed E-state index contributed by atoms with van der Waals surface area (Å²) in [5.41, 5.74) is 2.83. The lowest BCUT2D eigenvalue weighted by molar-refractivity contribution is -0.148. The molecule has 0 saturated heterocycles. The summed E-state index contributed by atoms with van der Waals surface area (Å²) >= 11 is 0. The molecule has 1 saturated carbocycles. The van der Waals surface area contributed by atoms with E-state index in [0.29, 0.717) is 36.2 Å². The van der Waals surface area contributed by atoms with Crippen LogP contribution in [0.4, 0.5) is 5.69 Å². The van der Waals surface area contributed by atoms with E-state index >= 15 is 0 Å². The fourth-order valence-corrected chi connectivity index (χ4v) is 6.14. The Hall–Kier alpha value is -3.27. The summed E-state index contributed by atoms with van der Waals surface area (Å²) in [6.45, 7) is 5.57. The average molecular weight is 572 g/mol. The number of carbonyl (C=O) groups is 3. The van der Waals surface area contributed by atoms with Crippen LogP contribution < -0.4 is 10.6 Å². The van der Waals surface area contributed by atoms with Crippen molar-refractivity contribution >= 4 is 33.3 Å². The molecule has 0 spiro atoms. The van der Waals surface area contributed by atoms with E-state index in [1.807, 2.05) is 19.1 Å². The van der Waals surface area contributed by atoms with E-state index in [9.17, 15) is 22.8 Å². The monoisotopic (exact) mass is 571 g/mol. The summed E-state index contributed by atoms with van der Waals surface area (Å²) in [4.78, 5) is 43.4. The van der Waals surface area contributed by atoms with Gasteiger partial charge in [-0.05, 0) is 75.8 Å². The van der Waals surface area contributed by atoms with Gasteiger partial charge in [-0.2, -0.15) is 0 Å². The maximum atomic E-state index is 13.5. The molecule has 0 aliphatic heterocycles. The second-order valence-corrected chi connectivity index (χ2v) is 13.1. The lowest BCUT2D eigenvalue weighted by Crippen LogP contribution is -2.49. The zero-order chi connectivity index (χ0) is 29.3. The van der Waals surface area contributed by atoms with E-state index in [1.165, 1.54) is 6.26 Å². The molecule has 1 atom stereocenters. The van der Waals surface area contributed by atoms with Gasteiger partial charge >= 0.3 is 5.97 Å². The molecule has 9 nitrogen and oxygen atoms in total. The van der Waals surface area contributed by atoms with Gasteiger partial charge in [-0.1, -0.05) is 31.4 Å². The van der Waals surface area contributed by atoms with Gasteiger partial charge in [-0.25, -0.2) is 13.2 Å². The smallest absolute Gasteiger partial charge is 0.328 e. The summed E-state index contributed by atoms with van der Waals surface area (Å²) in [7, 11) is -3.05. The highest BCUT2D eigenvalue weighted by atomic mass is 32.2. The van der Waals surface area contributed by atoms with Crippen LogP contribution in [0.2, 0.25) is 0 Å². The Morgan fingerprint density at radius 3 is 2.33 bits per heavy atom. The van der Waals surface area contributed by atoms with E-state index in [4.69, 9.17) is 4.74 Å². The first kappa shape index (κ1) is 31.3. The number of nitrogens with one attached hydrogen (secondary N) is 2. The molecule has 2 amide bonds. The first-order valence-corrected chi connectivity index (χ1v) is 16.0. The van der Waals surface area contributed by atoms with Crippen molar-refractivity contribution < 1.29 is 27.5 Å². The van der Waals surface area contributed by atoms with Crippen LogP contribution in [0.5, 0.6) is 0 Å². The molecule has 1 aromatic heterocycles. The number of carbonyl (C=O) groups excluding carboxylic acids is 3. The van der Waals surface area contributed by atoms with Gasteiger partial charge in [-0.3, -0.25) is 14.6 Å². The molecule has 2 aromatic rings. The minimum absolute atomic E-state index is 0.105. The largest absolute Gasteiger partial charge is 0.464 e. The normalized spacial score (nSPS) is 15.3. The summed E-state index contributed by atoms with van der Waals surface area (Å²) in [6.07, 6.45) is 8.16. The third-order valence-electron chi connectivity index (χ3n) is 7.57. The molecule has 10 heteroatoms. The van der Waals surface area contributed by atoms with Crippen LogP contribution in [0.15, 0.2) is 36.5 Å². The predicted molar refractivity (Wildman–Crippen MR) is 155 cm³/mol. The molecule has 40 heavy (non-hydrogen) atoms. The highest BCUT2D eigenvalue weighted by molar-refractivity contribution is 7.90. The minimum Gasteiger partial charge on any atom is -0.464 e. The molecule has 1 heterocycles. The lowest BCUT2D eigenvalue weighted by Gasteiger charge is -2.30. The van der Waals surface area contributed by atoms with Crippen LogP contribution in [0, 0.1) is 19.3 Å². The predicted octanol–water partition coefficient (Wildman–Crippen LogP) is 4.32. The van der Waals surface area contributed by atoms with Gasteiger partial charge in [0.15, 0.2) is 0 Å². The Balaban J connectivity index is 1.68. The molecule has 218 valence electrons. The van der Waals surface area contributed by atoms with Crippen molar-refractivity contribution in [2.45, 2.75) is 78.2 Å². The van der Waals surface area contributed by atoms with Crippen LogP contribution in [0.1, 0.15) is 79.0 Å². The second-order valence-electron chi connectivity index (χ2n) is 10.8. The number of pyridine rings is 1. The number of ether oxygens (including phenoxy) is 1. The number of benzene rings is 1. The number of hydrogen-bond donors (Lipinski definition) is 2. The number of unbranched alkanes of at least 4 members (excludes halogenated alkanes) is 1. The van der Waals surface area contributed by atoms with Crippen LogP contribution in [0.25, 0.3) is 0 Å². The van der Waals surface area contributed by atoms with Gasteiger partial charge in [0.05, 0.1) is 17.9 Å². The van der Waals surface area contributed by atoms with Crippen molar-refractivity contribution in [3.63, 3.8) is 0 Å². The van der Waals surface area contributed by atoms with E-state index in [1.54, 1.807) is 38.2 Å². The fraction of sp³-hybridized carbons (Fsp3) is 0.533. The first-order chi connectivity index (χ1) is 18.9. The third-order valence-corrected chi connectivity index (χ3v) is 8.60. The second kappa shape index (κ2) is 13.9. The number of esters is 1. The Morgan fingerprint density at radius 1 is 1.05 bits per heavy atom. The number of anilines is 1. The number of hydrogen-bond acceptors (Lipinski definition) is 7. The fourth-order valence-electron chi connectivity index (χ4n) is 5.41. The average Bonchev–Trinajstić information content (AvgIpc) is 3.37. The molecule has 1 aliphatic rings. The molecule has 0 bridgehead atoms. The molecule has 1 aromatic carbocycles. The maximum Gasteiger partial charge on any atom is 0.328 e. The number of aromatic nitrogens is 1. The van der Waals surface area contributed by atoms with E-state index in [2.05, 4.69) is 15.6 Å². The van der Waals surface area contributed by atoms with E-state index in [-0.39, 0.29) is 30.6 Å². The Kier molecular flexibility index (Phi) is 10.8. The highest BCUT2D eigenvalue weighted by Crippen LogP contribution is 2.42. The Labute approximate surface area is 237 Å². The van der Waals surface area contributed by atoms with E-state index < -0.39 is 27.3 Å². The summed E-state index contributed by atoms with van der Waals surface area (Å²) in [5, 5.41) is 5.86. The zero-order valence-electron chi connectivity index (χ0n) is 23.9. The quantitative estimate of drug-likeness (QED) is 0.270. The molecule has 0 radical (unpaired) electrons. The summed E-state index contributed by atoms with van der Waals surface area (Å²) < 4.78 is 28.3. The van der Waals surface area contributed by atoms with Crippen molar-refractivity contribution in [3.8, 4) is 0 Å². The SMILES string of the molecule is CCOC(=O)C(Cc1ccc(NC(=O)c2c(C)ccnc2C)cc1)NC(=O)C1(CCCCS(C)(=O)=O)CCCC1. The van der Waals surface area contributed by atoms with Gasteiger partial charge in [0, 0.05) is 35.7 Å². The molecule has 2 N–H and O–H groups in total. The minimum atomic E-state index is -3.05. The zero-order valence-corrected chi connectivity index (χ0v) is 24.7. The van der Waals surface area contributed by atoms with Crippen LogP contribution in [-0.4, -0.2) is 55.8 Å². The summed E-state index contributed by atoms with van der Waals surface area (Å²) in [6, 6.07) is 8.08. The van der Waals surface area contributed by atoms with Crippen LogP contribution in [-0.2, 0) is 30.6 Å². The van der Waals surface area contributed by atoms with Crippen LogP contribution >= 0.6 is 0 Å². The van der Waals surface area contributed by atoms with Crippen molar-refractivity contribution in [3.05, 3.63) is 58.9 Å². The molecule has 1 fully saturated rings. The number of nitrogens with zero attached hydrogens (tertiary/aromatic N) is 1. The van der Waals surface area contributed by atoms with E-state index in [0.717, 1.165) is 36.8 Å².